The second-order valence-corrected chi connectivity index (χ2v) is 19.7. The SMILES string of the molecule is Cc1c(Cl)c(C(=O)NS(=O)(=O)c2ccc(N3CCN(CC4=C(c5ccc(Cl)cc5)CC(C)(C)CC4)CC3)cc2Oc2cnc3[nH]ccc3c2)cc([N+](=O)[O-])c1OCC1CCOCC1. The van der Waals surface area contributed by atoms with E-state index < -0.39 is 32.1 Å². The van der Waals surface area contributed by atoms with E-state index in [0.717, 1.165) is 73.9 Å². The highest BCUT2D eigenvalue weighted by Gasteiger charge is 2.32. The summed E-state index contributed by atoms with van der Waals surface area (Å²) in [5, 5.41) is 13.5. The molecule has 63 heavy (non-hydrogen) atoms. The Morgan fingerprint density at radius 1 is 1.05 bits per heavy atom. The summed E-state index contributed by atoms with van der Waals surface area (Å²) < 4.78 is 48.1. The number of nitro groups is 1. The molecule has 1 amide bonds. The number of carbonyl (C=O) groups excluding carboxylic acids is 1. The average molecular weight is 918 g/mol. The van der Waals surface area contributed by atoms with E-state index in [1.165, 1.54) is 35.9 Å². The standard InChI is InChI=1S/C46H50Cl2N6O8S/c1-29-42(48)37(24-39(54(56)57)43(29)61-28-30-12-20-60-21-13-30)45(55)51-63(58,59)41-9-8-35(23-40(41)62-36-22-32-11-15-49-44(32)50-26-36)53-18-16-52(17-19-53)27-33-10-14-46(2,3)25-38(33)31-4-6-34(47)7-5-31/h4-9,11,15,22-24,26,30H,10,12-14,16-21,25,27-28H2,1-3H3,(H,49,50)(H,51,55). The Balaban J connectivity index is 1.03. The Morgan fingerprint density at radius 3 is 2.52 bits per heavy atom. The molecule has 0 unspecified atom stereocenters. The number of nitrogens with one attached hydrogen (secondary N) is 2. The van der Waals surface area contributed by atoms with Gasteiger partial charge in [-0.15, -0.1) is 0 Å². The molecule has 14 nitrogen and oxygen atoms in total. The molecule has 3 aliphatic rings. The van der Waals surface area contributed by atoms with Crippen molar-refractivity contribution in [1.82, 2.24) is 19.6 Å². The highest BCUT2D eigenvalue weighted by atomic mass is 35.5. The molecule has 0 radical (unpaired) electrons. The molecule has 2 N–H and O–H groups in total. The zero-order chi connectivity index (χ0) is 44.5. The van der Waals surface area contributed by atoms with Crippen LogP contribution in [0.3, 0.4) is 0 Å². The van der Waals surface area contributed by atoms with Crippen molar-refractivity contribution in [2.45, 2.75) is 57.8 Å². The summed E-state index contributed by atoms with van der Waals surface area (Å²) >= 11 is 12.9. The Bertz CT molecular complexity index is 2670. The van der Waals surface area contributed by atoms with E-state index in [1.54, 1.807) is 24.4 Å². The van der Waals surface area contributed by atoms with Crippen molar-refractivity contribution in [3.05, 3.63) is 115 Å². The number of ether oxygens (including phenoxy) is 3. The Hall–Kier alpha value is -5.19. The second kappa shape index (κ2) is 18.5. The number of H-pyrrole nitrogens is 1. The van der Waals surface area contributed by atoms with Crippen LogP contribution in [0, 0.1) is 28.4 Å². The van der Waals surface area contributed by atoms with Gasteiger partial charge in [-0.25, -0.2) is 18.1 Å². The summed E-state index contributed by atoms with van der Waals surface area (Å²) in [5.74, 6) is -0.865. The van der Waals surface area contributed by atoms with E-state index in [-0.39, 0.29) is 50.7 Å². The number of anilines is 1. The number of benzene rings is 3. The molecule has 4 heterocycles. The van der Waals surface area contributed by atoms with Crippen molar-refractivity contribution in [3.8, 4) is 17.2 Å². The Labute approximate surface area is 376 Å². The van der Waals surface area contributed by atoms with Gasteiger partial charge in [-0.2, -0.15) is 0 Å². The number of aromatic nitrogens is 2. The molecule has 0 atom stereocenters. The number of allylic oxidation sites excluding steroid dienone is 1. The third-order valence-corrected chi connectivity index (χ3v) is 14.4. The van der Waals surface area contributed by atoms with Crippen LogP contribution >= 0.6 is 23.2 Å². The van der Waals surface area contributed by atoms with Gasteiger partial charge >= 0.3 is 5.69 Å². The van der Waals surface area contributed by atoms with Crippen LogP contribution in [0.15, 0.2) is 83.5 Å². The molecule has 2 fully saturated rings. The molecule has 5 aromatic rings. The fourth-order valence-corrected chi connectivity index (χ4v) is 10.0. The molecule has 17 heteroatoms. The van der Waals surface area contributed by atoms with Gasteiger partial charge in [0.15, 0.2) is 0 Å². The third-order valence-electron chi connectivity index (χ3n) is 12.2. The van der Waals surface area contributed by atoms with Crippen molar-refractivity contribution < 1.29 is 32.3 Å². The van der Waals surface area contributed by atoms with Crippen molar-refractivity contribution in [2.24, 2.45) is 11.3 Å². The summed E-state index contributed by atoms with van der Waals surface area (Å²) in [4.78, 5) is 37.1. The highest BCUT2D eigenvalue weighted by molar-refractivity contribution is 7.90. The summed E-state index contributed by atoms with van der Waals surface area (Å²) in [6.45, 7) is 11.3. The fraction of sp³-hybridized carbons (Fsp3) is 0.391. The normalized spacial score (nSPS) is 17.5. The lowest BCUT2D eigenvalue weighted by molar-refractivity contribution is -0.386. The van der Waals surface area contributed by atoms with Crippen LogP contribution in [0.2, 0.25) is 10.0 Å². The summed E-state index contributed by atoms with van der Waals surface area (Å²) in [7, 11) is -4.66. The number of nitro benzene ring substituents is 1. The van der Waals surface area contributed by atoms with Gasteiger partial charge in [0.25, 0.3) is 15.9 Å². The Kier molecular flexibility index (Phi) is 13.0. The summed E-state index contributed by atoms with van der Waals surface area (Å²) in [6, 6.07) is 17.3. The van der Waals surface area contributed by atoms with Gasteiger partial charge in [0.1, 0.15) is 22.0 Å². The van der Waals surface area contributed by atoms with Gasteiger partial charge < -0.3 is 24.1 Å². The number of piperazine rings is 1. The number of fused-ring (bicyclic) bond motifs is 1. The van der Waals surface area contributed by atoms with Crippen LogP contribution in [0.5, 0.6) is 17.2 Å². The van der Waals surface area contributed by atoms with Gasteiger partial charge in [-0.3, -0.25) is 19.8 Å². The maximum absolute atomic E-state index is 14.2. The lowest BCUT2D eigenvalue weighted by Crippen LogP contribution is -2.47. The molecule has 332 valence electrons. The van der Waals surface area contributed by atoms with E-state index in [1.807, 2.05) is 18.2 Å². The van der Waals surface area contributed by atoms with E-state index in [4.69, 9.17) is 37.4 Å². The van der Waals surface area contributed by atoms with E-state index in [2.05, 4.69) is 50.5 Å². The van der Waals surface area contributed by atoms with Gasteiger partial charge in [0.2, 0.25) is 5.75 Å². The number of halogens is 2. The minimum atomic E-state index is -4.66. The first-order chi connectivity index (χ1) is 30.1. The van der Waals surface area contributed by atoms with Crippen molar-refractivity contribution >= 4 is 67.1 Å². The van der Waals surface area contributed by atoms with Crippen LogP contribution in [0.4, 0.5) is 11.4 Å². The number of sulfonamides is 1. The molecule has 0 spiro atoms. The van der Waals surface area contributed by atoms with Gasteiger partial charge in [-0.05, 0) is 97.9 Å². The predicted molar refractivity (Wildman–Crippen MR) is 244 cm³/mol. The quantitative estimate of drug-likeness (QED) is 0.0852. The van der Waals surface area contributed by atoms with Crippen LogP contribution < -0.4 is 19.1 Å². The lowest BCUT2D eigenvalue weighted by Gasteiger charge is -2.39. The maximum Gasteiger partial charge on any atom is 0.312 e. The van der Waals surface area contributed by atoms with E-state index in [9.17, 15) is 23.3 Å². The van der Waals surface area contributed by atoms with Crippen molar-refractivity contribution in [1.29, 1.82) is 0 Å². The lowest BCUT2D eigenvalue weighted by atomic mass is 9.72. The zero-order valence-electron chi connectivity index (χ0n) is 35.4. The maximum atomic E-state index is 14.2. The van der Waals surface area contributed by atoms with Crippen LogP contribution in [-0.2, 0) is 14.8 Å². The van der Waals surface area contributed by atoms with Crippen LogP contribution in [-0.4, -0.2) is 86.7 Å². The molecule has 0 saturated carbocycles. The molecule has 2 aliphatic heterocycles. The highest BCUT2D eigenvalue weighted by Crippen LogP contribution is 2.44. The minimum absolute atomic E-state index is 0.0420. The monoisotopic (exact) mass is 916 g/mol. The third kappa shape index (κ3) is 10.1. The number of amides is 1. The average Bonchev–Trinajstić information content (AvgIpc) is 3.73. The van der Waals surface area contributed by atoms with Gasteiger partial charge in [0, 0.05) is 85.9 Å². The largest absolute Gasteiger partial charge is 0.486 e. The topological polar surface area (TPSA) is 169 Å². The summed E-state index contributed by atoms with van der Waals surface area (Å²) in [5.41, 5.74) is 4.87. The first-order valence-electron chi connectivity index (χ1n) is 21.1. The number of carbonyl (C=O) groups is 1. The van der Waals surface area contributed by atoms with E-state index in [0.29, 0.717) is 32.0 Å². The fourth-order valence-electron chi connectivity index (χ4n) is 8.58. The molecule has 1 aliphatic carbocycles. The van der Waals surface area contributed by atoms with Crippen molar-refractivity contribution in [3.63, 3.8) is 0 Å². The summed E-state index contributed by atoms with van der Waals surface area (Å²) in [6.07, 6.45) is 7.84. The minimum Gasteiger partial charge on any atom is -0.486 e. The molecule has 2 saturated heterocycles. The number of aromatic amines is 1. The smallest absolute Gasteiger partial charge is 0.312 e. The molecule has 3 aromatic carbocycles. The second-order valence-electron chi connectivity index (χ2n) is 17.3. The van der Waals surface area contributed by atoms with E-state index >= 15 is 0 Å². The Morgan fingerprint density at radius 2 is 1.79 bits per heavy atom. The number of rotatable bonds is 13. The first kappa shape index (κ1) is 44.4. The molecule has 0 bridgehead atoms. The number of pyridine rings is 1. The van der Waals surface area contributed by atoms with Gasteiger partial charge in [0.05, 0.1) is 28.3 Å². The van der Waals surface area contributed by atoms with Crippen LogP contribution in [0.1, 0.15) is 67.4 Å². The first-order valence-corrected chi connectivity index (χ1v) is 23.3. The number of nitrogens with zero attached hydrogens (tertiary/aromatic N) is 4. The molecule has 8 rings (SSSR count). The predicted octanol–water partition coefficient (Wildman–Crippen LogP) is 9.59. The van der Waals surface area contributed by atoms with Crippen LogP contribution in [0.25, 0.3) is 16.6 Å². The van der Waals surface area contributed by atoms with Crippen molar-refractivity contribution in [2.75, 3.05) is 57.4 Å². The molecule has 2 aromatic heterocycles. The zero-order valence-corrected chi connectivity index (χ0v) is 37.7. The number of hydrogen-bond acceptors (Lipinski definition) is 11. The molecular formula is C46H50Cl2N6O8S. The molecular weight excluding hydrogens is 868 g/mol. The van der Waals surface area contributed by atoms with Gasteiger partial charge in [-0.1, -0.05) is 54.8 Å². The number of hydrogen-bond donors (Lipinski definition) is 2.